The van der Waals surface area contributed by atoms with Crippen LogP contribution >= 0.6 is 0 Å². The molecule has 17 heavy (non-hydrogen) atoms. The van der Waals surface area contributed by atoms with E-state index in [1.165, 1.54) is 0 Å². The molecule has 1 unspecified atom stereocenters. The van der Waals surface area contributed by atoms with E-state index in [9.17, 15) is 19.2 Å². The lowest BCUT2D eigenvalue weighted by Crippen LogP contribution is -2.40. The van der Waals surface area contributed by atoms with E-state index >= 15 is 0 Å². The van der Waals surface area contributed by atoms with Crippen molar-refractivity contribution >= 4 is 23.8 Å². The van der Waals surface area contributed by atoms with Crippen molar-refractivity contribution in [3.63, 3.8) is 0 Å². The molecule has 1 fully saturated rings. The lowest BCUT2D eigenvalue weighted by atomic mass is 10.1. The number of rotatable bonds is 5. The number of carbonyl (C=O) groups is 4. The average Bonchev–Trinajstić information content (AvgIpc) is 2.58. The van der Waals surface area contributed by atoms with Crippen LogP contribution < -0.4 is 5.32 Å². The molecular formula is C9H12N2O6. The molecule has 3 N–H and O–H groups in total. The van der Waals surface area contributed by atoms with Gasteiger partial charge in [-0.15, -0.1) is 0 Å². The van der Waals surface area contributed by atoms with Gasteiger partial charge in [-0.25, -0.2) is 0 Å². The highest BCUT2D eigenvalue weighted by atomic mass is 16.4. The van der Waals surface area contributed by atoms with Crippen molar-refractivity contribution in [1.82, 2.24) is 10.2 Å². The molecule has 0 aromatic rings. The summed E-state index contributed by atoms with van der Waals surface area (Å²) in [6.07, 6.45) is -0.123. The Morgan fingerprint density at radius 3 is 2.47 bits per heavy atom. The maximum Gasteiger partial charge on any atom is 0.322 e. The van der Waals surface area contributed by atoms with Crippen molar-refractivity contribution in [2.75, 3.05) is 19.6 Å². The molecule has 0 bridgehead atoms. The second kappa shape index (κ2) is 5.28. The first kappa shape index (κ1) is 12.9. The van der Waals surface area contributed by atoms with Crippen LogP contribution in [0.2, 0.25) is 0 Å². The number of likely N-dealkylation sites (tertiary alicyclic amines) is 1. The molecule has 2 amide bonds. The third kappa shape index (κ3) is 3.74. The summed E-state index contributed by atoms with van der Waals surface area (Å²) in [5.74, 6) is -4.09. The van der Waals surface area contributed by atoms with Gasteiger partial charge in [0.1, 0.15) is 6.54 Å². The average molecular weight is 244 g/mol. The van der Waals surface area contributed by atoms with Gasteiger partial charge in [-0.1, -0.05) is 0 Å². The summed E-state index contributed by atoms with van der Waals surface area (Å²) in [6, 6.07) is 0. The highest BCUT2D eigenvalue weighted by Crippen LogP contribution is 2.17. The van der Waals surface area contributed by atoms with Crippen LogP contribution in [-0.2, 0) is 19.2 Å². The lowest BCUT2D eigenvalue weighted by molar-refractivity contribution is -0.141. The molecule has 1 rings (SSSR count). The van der Waals surface area contributed by atoms with E-state index < -0.39 is 36.2 Å². The van der Waals surface area contributed by atoms with E-state index in [0.717, 1.165) is 4.90 Å². The van der Waals surface area contributed by atoms with Gasteiger partial charge in [-0.05, 0) is 0 Å². The predicted molar refractivity (Wildman–Crippen MR) is 53.0 cm³/mol. The largest absolute Gasteiger partial charge is 0.481 e. The third-order valence-corrected chi connectivity index (χ3v) is 2.33. The Hall–Kier alpha value is -2.12. The van der Waals surface area contributed by atoms with Gasteiger partial charge in [-0.3, -0.25) is 19.2 Å². The number of nitrogens with zero attached hydrogens (tertiary/aromatic N) is 1. The molecule has 1 saturated heterocycles. The first-order valence-corrected chi connectivity index (χ1v) is 4.89. The van der Waals surface area contributed by atoms with Crippen LogP contribution in [0, 0.1) is 5.92 Å². The van der Waals surface area contributed by atoms with E-state index in [1.807, 2.05) is 0 Å². The summed E-state index contributed by atoms with van der Waals surface area (Å²) in [7, 11) is 0. The molecule has 1 heterocycles. The zero-order chi connectivity index (χ0) is 13.0. The summed E-state index contributed by atoms with van der Waals surface area (Å²) in [5, 5.41) is 19.1. The topological polar surface area (TPSA) is 124 Å². The Morgan fingerprint density at radius 2 is 2.00 bits per heavy atom. The van der Waals surface area contributed by atoms with Gasteiger partial charge < -0.3 is 20.4 Å². The molecule has 8 nitrogen and oxygen atoms in total. The fraction of sp³-hybridized carbons (Fsp3) is 0.556. The highest BCUT2D eigenvalue weighted by Gasteiger charge is 2.34. The van der Waals surface area contributed by atoms with Crippen molar-refractivity contribution in [2.24, 2.45) is 5.92 Å². The summed E-state index contributed by atoms with van der Waals surface area (Å²) in [5.41, 5.74) is 0. The Labute approximate surface area is 96.2 Å². The van der Waals surface area contributed by atoms with Gasteiger partial charge in [0.05, 0.1) is 12.5 Å². The Balaban J connectivity index is 2.42. The van der Waals surface area contributed by atoms with E-state index in [1.54, 1.807) is 0 Å². The van der Waals surface area contributed by atoms with Crippen LogP contribution in [0.4, 0.5) is 0 Å². The molecule has 0 aromatic carbocycles. The van der Waals surface area contributed by atoms with Crippen molar-refractivity contribution < 1.29 is 29.4 Å². The quantitative estimate of drug-likeness (QED) is 0.520. The maximum atomic E-state index is 11.3. The lowest BCUT2D eigenvalue weighted by Gasteiger charge is -2.14. The summed E-state index contributed by atoms with van der Waals surface area (Å²) in [6.45, 7) is -0.853. The molecule has 1 atom stereocenters. The molecule has 8 heteroatoms. The third-order valence-electron chi connectivity index (χ3n) is 2.33. The van der Waals surface area contributed by atoms with Gasteiger partial charge in [0.2, 0.25) is 11.8 Å². The highest BCUT2D eigenvalue weighted by molar-refractivity contribution is 5.90. The zero-order valence-corrected chi connectivity index (χ0v) is 8.88. The normalized spacial score (nSPS) is 19.2. The molecule has 94 valence electrons. The van der Waals surface area contributed by atoms with Gasteiger partial charge >= 0.3 is 11.9 Å². The monoisotopic (exact) mass is 244 g/mol. The van der Waals surface area contributed by atoms with Crippen LogP contribution in [0.3, 0.4) is 0 Å². The number of carbonyl (C=O) groups excluding carboxylic acids is 2. The van der Waals surface area contributed by atoms with Crippen LogP contribution in [0.25, 0.3) is 0 Å². The number of amides is 2. The molecule has 0 spiro atoms. The fourth-order valence-corrected chi connectivity index (χ4v) is 1.49. The number of hydrogen-bond acceptors (Lipinski definition) is 4. The van der Waals surface area contributed by atoms with Gasteiger partial charge in [0.25, 0.3) is 0 Å². The molecule has 1 aliphatic heterocycles. The molecule has 0 saturated carbocycles. The first-order chi connectivity index (χ1) is 7.90. The summed E-state index contributed by atoms with van der Waals surface area (Å²) < 4.78 is 0. The van der Waals surface area contributed by atoms with Crippen molar-refractivity contribution in [3.05, 3.63) is 0 Å². The van der Waals surface area contributed by atoms with E-state index in [4.69, 9.17) is 10.2 Å². The van der Waals surface area contributed by atoms with Gasteiger partial charge in [0.15, 0.2) is 0 Å². The van der Waals surface area contributed by atoms with Crippen LogP contribution in [0.15, 0.2) is 0 Å². The number of nitrogens with one attached hydrogen (secondary N) is 1. The van der Waals surface area contributed by atoms with Gasteiger partial charge in [0, 0.05) is 13.0 Å². The van der Waals surface area contributed by atoms with Crippen molar-refractivity contribution in [1.29, 1.82) is 0 Å². The molecular weight excluding hydrogens is 232 g/mol. The Bertz CT molecular complexity index is 366. The van der Waals surface area contributed by atoms with E-state index in [-0.39, 0.29) is 19.5 Å². The van der Waals surface area contributed by atoms with Crippen LogP contribution in [0.1, 0.15) is 6.42 Å². The minimum atomic E-state index is -1.19. The van der Waals surface area contributed by atoms with Crippen LogP contribution in [-0.4, -0.2) is 58.5 Å². The van der Waals surface area contributed by atoms with Gasteiger partial charge in [-0.2, -0.15) is 0 Å². The fourth-order valence-electron chi connectivity index (χ4n) is 1.49. The smallest absolute Gasteiger partial charge is 0.322 e. The standard InChI is InChI=1S/C9H12N2O6/c12-6(10-2-8(14)15)4-11-3-5(9(16)17)1-7(11)13/h5H,1-4H2,(H,10,12)(H,14,15)(H,16,17). The number of hydrogen-bond donors (Lipinski definition) is 3. The number of carboxylic acid groups (broad SMARTS) is 2. The number of carboxylic acids is 2. The van der Waals surface area contributed by atoms with E-state index in [2.05, 4.69) is 5.32 Å². The maximum absolute atomic E-state index is 11.3. The summed E-state index contributed by atoms with van der Waals surface area (Å²) in [4.78, 5) is 44.5. The van der Waals surface area contributed by atoms with E-state index in [0.29, 0.717) is 0 Å². The molecule has 0 radical (unpaired) electrons. The molecule has 0 aliphatic carbocycles. The second-order valence-corrected chi connectivity index (χ2v) is 3.68. The first-order valence-electron chi connectivity index (χ1n) is 4.89. The molecule has 0 aromatic heterocycles. The van der Waals surface area contributed by atoms with Crippen molar-refractivity contribution in [3.8, 4) is 0 Å². The SMILES string of the molecule is O=C(O)CNC(=O)CN1CC(C(=O)O)CC1=O. The number of aliphatic carboxylic acids is 2. The minimum absolute atomic E-state index is 0.0192. The minimum Gasteiger partial charge on any atom is -0.481 e. The Kier molecular flexibility index (Phi) is 4.02. The summed E-state index contributed by atoms with van der Waals surface area (Å²) >= 11 is 0. The second-order valence-electron chi connectivity index (χ2n) is 3.68. The predicted octanol–water partition coefficient (Wildman–Crippen LogP) is -1.88. The molecule has 1 aliphatic rings. The zero-order valence-electron chi connectivity index (χ0n) is 8.88. The Morgan fingerprint density at radius 1 is 1.35 bits per heavy atom. The van der Waals surface area contributed by atoms with Crippen LogP contribution in [0.5, 0.6) is 0 Å². The van der Waals surface area contributed by atoms with Crippen molar-refractivity contribution in [2.45, 2.75) is 6.42 Å².